The van der Waals surface area contributed by atoms with E-state index in [1.165, 1.54) is 0 Å². The van der Waals surface area contributed by atoms with Gasteiger partial charge in [0, 0.05) is 29.7 Å². The normalized spacial score (nSPS) is 18.0. The van der Waals surface area contributed by atoms with Gasteiger partial charge in [-0.3, -0.25) is 14.5 Å². The van der Waals surface area contributed by atoms with Crippen LogP contribution in [-0.4, -0.2) is 66.1 Å². The molecule has 6 nitrogen and oxygen atoms in total. The highest BCUT2D eigenvalue weighted by atomic mass is 35.5. The average molecular weight is 404 g/mol. The van der Waals surface area contributed by atoms with E-state index in [1.807, 2.05) is 18.0 Å². The van der Waals surface area contributed by atoms with E-state index in [9.17, 15) is 9.59 Å². The maximum absolute atomic E-state index is 12.1. The molecule has 1 aliphatic rings. The lowest BCUT2D eigenvalue weighted by Crippen LogP contribution is -2.36. The highest BCUT2D eigenvalue weighted by Crippen LogP contribution is 2.17. The Bertz CT molecular complexity index is 601. The standard InChI is InChI=1S/C18H26ClN3O3.ClH/c1-21(13-18(24)25)16-6-3-9-22(10-7-16)11-8-17(23)20-15-5-2-4-14(19)12-15;/h2,4-5,12,16H,3,6-11,13H2,1H3,(H,20,23)(H,24,25);1H. The molecule has 2 N–H and O–H groups in total. The molecule has 8 heteroatoms. The highest BCUT2D eigenvalue weighted by molar-refractivity contribution is 6.30. The Morgan fingerprint density at radius 2 is 2.12 bits per heavy atom. The van der Waals surface area contributed by atoms with Crippen molar-refractivity contribution in [1.29, 1.82) is 0 Å². The third kappa shape index (κ3) is 7.91. The van der Waals surface area contributed by atoms with Gasteiger partial charge in [0.1, 0.15) is 0 Å². The molecule has 2 rings (SSSR count). The van der Waals surface area contributed by atoms with E-state index in [0.717, 1.165) is 32.4 Å². The van der Waals surface area contributed by atoms with Crippen molar-refractivity contribution in [1.82, 2.24) is 9.80 Å². The molecule has 26 heavy (non-hydrogen) atoms. The van der Waals surface area contributed by atoms with Gasteiger partial charge in [-0.05, 0) is 57.6 Å². The lowest BCUT2D eigenvalue weighted by Gasteiger charge is -2.25. The smallest absolute Gasteiger partial charge is 0.317 e. The number of carbonyl (C=O) groups excluding carboxylic acids is 1. The van der Waals surface area contributed by atoms with E-state index >= 15 is 0 Å². The number of hydrogen-bond acceptors (Lipinski definition) is 4. The van der Waals surface area contributed by atoms with Gasteiger partial charge < -0.3 is 15.3 Å². The zero-order chi connectivity index (χ0) is 18.2. The summed E-state index contributed by atoms with van der Waals surface area (Å²) in [4.78, 5) is 27.1. The van der Waals surface area contributed by atoms with Crippen molar-refractivity contribution in [3.63, 3.8) is 0 Å². The molecule has 1 fully saturated rings. The summed E-state index contributed by atoms with van der Waals surface area (Å²) in [5, 5.41) is 12.4. The number of amides is 1. The van der Waals surface area contributed by atoms with Crippen LogP contribution >= 0.6 is 24.0 Å². The Balaban J connectivity index is 0.00000338. The molecule has 0 bridgehead atoms. The maximum Gasteiger partial charge on any atom is 0.317 e. The van der Waals surface area contributed by atoms with Gasteiger partial charge in [0.25, 0.3) is 0 Å². The van der Waals surface area contributed by atoms with Gasteiger partial charge in [0.2, 0.25) is 5.91 Å². The predicted octanol–water partition coefficient (Wildman–Crippen LogP) is 2.96. The molecule has 0 aliphatic carbocycles. The molecule has 1 aromatic rings. The van der Waals surface area contributed by atoms with Crippen LogP contribution in [-0.2, 0) is 9.59 Å². The number of likely N-dealkylation sites (tertiary alicyclic amines) is 1. The number of carboxylic acid groups (broad SMARTS) is 1. The zero-order valence-corrected chi connectivity index (χ0v) is 16.6. The van der Waals surface area contributed by atoms with Crippen molar-refractivity contribution in [2.45, 2.75) is 31.7 Å². The monoisotopic (exact) mass is 403 g/mol. The molecule has 1 saturated heterocycles. The number of rotatable bonds is 7. The number of anilines is 1. The third-order valence-corrected chi connectivity index (χ3v) is 4.80. The first-order valence-electron chi connectivity index (χ1n) is 8.64. The van der Waals surface area contributed by atoms with Crippen LogP contribution in [0.3, 0.4) is 0 Å². The number of aliphatic carboxylic acids is 1. The molecule has 1 aromatic carbocycles. The fraction of sp³-hybridized carbons (Fsp3) is 0.556. The van der Waals surface area contributed by atoms with Gasteiger partial charge in [-0.25, -0.2) is 0 Å². The van der Waals surface area contributed by atoms with Crippen LogP contribution in [0.2, 0.25) is 5.02 Å². The topological polar surface area (TPSA) is 72.9 Å². The van der Waals surface area contributed by atoms with E-state index in [1.54, 1.807) is 18.2 Å². The number of nitrogens with one attached hydrogen (secondary N) is 1. The number of halogens is 2. The van der Waals surface area contributed by atoms with Crippen LogP contribution in [0.1, 0.15) is 25.7 Å². The molecular weight excluding hydrogens is 377 g/mol. The van der Waals surface area contributed by atoms with Crippen molar-refractivity contribution in [3.8, 4) is 0 Å². The maximum atomic E-state index is 12.1. The Kier molecular flexibility index (Phi) is 9.94. The molecule has 1 heterocycles. The second kappa shape index (κ2) is 11.4. The summed E-state index contributed by atoms with van der Waals surface area (Å²) in [5.74, 6) is -0.813. The second-order valence-electron chi connectivity index (χ2n) is 6.54. The van der Waals surface area contributed by atoms with Crippen LogP contribution in [0, 0.1) is 0 Å². The molecule has 0 aromatic heterocycles. The summed E-state index contributed by atoms with van der Waals surface area (Å²) in [6.07, 6.45) is 3.38. The van der Waals surface area contributed by atoms with E-state index in [4.69, 9.17) is 16.7 Å². The molecule has 1 amide bonds. The minimum absolute atomic E-state index is 0. The molecule has 0 spiro atoms. The van der Waals surface area contributed by atoms with Crippen molar-refractivity contribution >= 4 is 41.6 Å². The molecule has 0 radical (unpaired) electrons. The summed E-state index contributed by atoms with van der Waals surface area (Å²) in [5.41, 5.74) is 0.712. The fourth-order valence-corrected chi connectivity index (χ4v) is 3.38. The first kappa shape index (κ1) is 22.7. The molecule has 1 atom stereocenters. The second-order valence-corrected chi connectivity index (χ2v) is 6.98. The highest BCUT2D eigenvalue weighted by Gasteiger charge is 2.21. The Morgan fingerprint density at radius 3 is 2.81 bits per heavy atom. The van der Waals surface area contributed by atoms with E-state index in [0.29, 0.717) is 29.7 Å². The first-order chi connectivity index (χ1) is 11.9. The van der Waals surface area contributed by atoms with Gasteiger partial charge >= 0.3 is 5.97 Å². The minimum atomic E-state index is -0.790. The summed E-state index contributed by atoms with van der Waals surface area (Å²) in [7, 11) is 1.87. The van der Waals surface area contributed by atoms with E-state index < -0.39 is 5.97 Å². The Labute approximate surface area is 165 Å². The Morgan fingerprint density at radius 1 is 1.35 bits per heavy atom. The molecule has 1 aliphatic heterocycles. The van der Waals surface area contributed by atoms with Crippen molar-refractivity contribution < 1.29 is 14.7 Å². The van der Waals surface area contributed by atoms with Crippen LogP contribution in [0.4, 0.5) is 5.69 Å². The lowest BCUT2D eigenvalue weighted by molar-refractivity contribution is -0.138. The fourth-order valence-electron chi connectivity index (χ4n) is 3.19. The van der Waals surface area contributed by atoms with Crippen LogP contribution in [0.25, 0.3) is 0 Å². The Hall–Kier alpha value is -1.34. The number of nitrogens with zero attached hydrogens (tertiary/aromatic N) is 2. The van der Waals surface area contributed by atoms with Crippen molar-refractivity contribution in [2.24, 2.45) is 0 Å². The predicted molar refractivity (Wildman–Crippen MR) is 106 cm³/mol. The van der Waals surface area contributed by atoms with E-state index in [-0.39, 0.29) is 24.9 Å². The van der Waals surface area contributed by atoms with Gasteiger partial charge in [-0.15, -0.1) is 12.4 Å². The average Bonchev–Trinajstić information content (AvgIpc) is 2.78. The number of carbonyl (C=O) groups is 2. The number of likely N-dealkylation sites (N-methyl/N-ethyl adjacent to an activating group) is 1. The molecule has 0 saturated carbocycles. The summed E-state index contributed by atoms with van der Waals surface area (Å²) >= 11 is 5.92. The van der Waals surface area contributed by atoms with Crippen LogP contribution in [0.15, 0.2) is 24.3 Å². The summed E-state index contributed by atoms with van der Waals surface area (Å²) < 4.78 is 0. The molecule has 146 valence electrons. The summed E-state index contributed by atoms with van der Waals surface area (Å²) in [6.45, 7) is 2.62. The molecule has 1 unspecified atom stereocenters. The van der Waals surface area contributed by atoms with Gasteiger partial charge in [-0.1, -0.05) is 17.7 Å². The lowest BCUT2D eigenvalue weighted by atomic mass is 10.1. The number of benzene rings is 1. The van der Waals surface area contributed by atoms with Crippen LogP contribution in [0.5, 0.6) is 0 Å². The quantitative estimate of drug-likeness (QED) is 0.731. The van der Waals surface area contributed by atoms with Gasteiger partial charge in [0.05, 0.1) is 6.54 Å². The number of carboxylic acids is 1. The SMILES string of the molecule is CN(CC(=O)O)C1CCCN(CCC(=O)Nc2cccc(Cl)c2)CC1.Cl. The molecular formula is C18H27Cl2N3O3. The van der Waals surface area contributed by atoms with E-state index in [2.05, 4.69) is 10.2 Å². The van der Waals surface area contributed by atoms with Gasteiger partial charge in [0.15, 0.2) is 0 Å². The van der Waals surface area contributed by atoms with Crippen molar-refractivity contribution in [3.05, 3.63) is 29.3 Å². The third-order valence-electron chi connectivity index (χ3n) is 4.56. The largest absolute Gasteiger partial charge is 0.480 e. The van der Waals surface area contributed by atoms with Crippen LogP contribution < -0.4 is 5.32 Å². The van der Waals surface area contributed by atoms with Gasteiger partial charge in [-0.2, -0.15) is 0 Å². The number of hydrogen-bond donors (Lipinski definition) is 2. The minimum Gasteiger partial charge on any atom is -0.480 e. The van der Waals surface area contributed by atoms with Crippen molar-refractivity contribution in [2.75, 3.05) is 38.5 Å². The zero-order valence-electron chi connectivity index (χ0n) is 15.0. The summed E-state index contributed by atoms with van der Waals surface area (Å²) in [6, 6.07) is 7.42. The first-order valence-corrected chi connectivity index (χ1v) is 9.01.